The zero-order chi connectivity index (χ0) is 42.1. The maximum absolute atomic E-state index is 7.05. The van der Waals surface area contributed by atoms with Crippen LogP contribution in [0.25, 0.3) is 93.2 Å². The van der Waals surface area contributed by atoms with Gasteiger partial charge in [0.1, 0.15) is 17.6 Å². The summed E-state index contributed by atoms with van der Waals surface area (Å²) in [4.78, 5) is 10.5. The van der Waals surface area contributed by atoms with Crippen LogP contribution in [0, 0.1) is 0 Å². The molecule has 300 valence electrons. The quantitative estimate of drug-likeness (QED) is 0.182. The first-order valence-corrected chi connectivity index (χ1v) is 21.7. The molecule has 1 N–H and O–H groups in total. The van der Waals surface area contributed by atoms with E-state index in [-0.39, 0.29) is 6.17 Å². The number of nitrogens with zero attached hydrogens (tertiary/aromatic N) is 3. The van der Waals surface area contributed by atoms with Crippen LogP contribution in [0.3, 0.4) is 0 Å². The molecule has 12 aromatic rings. The van der Waals surface area contributed by atoms with Gasteiger partial charge in [-0.05, 0) is 91.8 Å². The zero-order valence-corrected chi connectivity index (χ0v) is 34.6. The number of nitrogens with one attached hydrogen (secondary N) is 1. The highest BCUT2D eigenvalue weighted by molar-refractivity contribution is 6.17. The van der Waals surface area contributed by atoms with E-state index in [1.54, 1.807) is 0 Å². The molecule has 0 amide bonds. The van der Waals surface area contributed by atoms with Gasteiger partial charge in [0.05, 0.1) is 16.7 Å². The molecule has 0 spiro atoms. The first-order valence-electron chi connectivity index (χ1n) is 21.7. The Morgan fingerprint density at radius 1 is 0.406 bits per heavy atom. The molecule has 0 saturated carbocycles. The summed E-state index contributed by atoms with van der Waals surface area (Å²) in [5.41, 5.74) is 12.5. The van der Waals surface area contributed by atoms with E-state index in [1.807, 2.05) is 0 Å². The van der Waals surface area contributed by atoms with Gasteiger partial charge in [-0.15, -0.1) is 0 Å². The number of hydrogen-bond acceptors (Lipinski definition) is 4. The molecule has 0 radical (unpaired) electrons. The summed E-state index contributed by atoms with van der Waals surface area (Å²) < 4.78 is 9.44. The highest BCUT2D eigenvalue weighted by atomic mass is 16.3. The van der Waals surface area contributed by atoms with Crippen LogP contribution in [0.4, 0.5) is 0 Å². The Bertz CT molecular complexity index is 3780. The minimum absolute atomic E-state index is 0.353. The van der Waals surface area contributed by atoms with E-state index in [9.17, 15) is 0 Å². The fourth-order valence-electron chi connectivity index (χ4n) is 9.61. The van der Waals surface area contributed by atoms with Gasteiger partial charge in [0, 0.05) is 32.7 Å². The first kappa shape index (κ1) is 36.1. The second-order valence-electron chi connectivity index (χ2n) is 16.6. The van der Waals surface area contributed by atoms with Crippen LogP contribution in [0.2, 0.25) is 0 Å². The Hall–Kier alpha value is -8.54. The van der Waals surface area contributed by atoms with E-state index >= 15 is 0 Å². The Balaban J connectivity index is 0.976. The van der Waals surface area contributed by atoms with Gasteiger partial charge in [-0.2, -0.15) is 0 Å². The summed E-state index contributed by atoms with van der Waals surface area (Å²) in [6.45, 7) is 0. The summed E-state index contributed by atoms with van der Waals surface area (Å²) in [5, 5.41) is 12.9. The third-order valence-electron chi connectivity index (χ3n) is 12.8. The number of amidine groups is 2. The van der Waals surface area contributed by atoms with Crippen molar-refractivity contribution in [2.75, 3.05) is 0 Å². The van der Waals surface area contributed by atoms with Crippen LogP contribution in [0.1, 0.15) is 22.9 Å². The van der Waals surface area contributed by atoms with E-state index in [1.165, 1.54) is 38.1 Å². The summed E-state index contributed by atoms with van der Waals surface area (Å²) >= 11 is 0. The molecule has 1 aliphatic heterocycles. The van der Waals surface area contributed by atoms with Crippen molar-refractivity contribution in [2.24, 2.45) is 9.98 Å². The van der Waals surface area contributed by atoms with Crippen LogP contribution in [0.5, 0.6) is 0 Å². The van der Waals surface area contributed by atoms with E-state index < -0.39 is 0 Å². The molecule has 0 bridgehead atoms. The lowest BCUT2D eigenvalue weighted by atomic mass is 10.0. The van der Waals surface area contributed by atoms with Crippen LogP contribution in [-0.2, 0) is 0 Å². The Morgan fingerprint density at radius 3 is 1.67 bits per heavy atom. The lowest BCUT2D eigenvalue weighted by Crippen LogP contribution is -2.33. The van der Waals surface area contributed by atoms with Gasteiger partial charge in [-0.3, -0.25) is 0 Å². The van der Waals surface area contributed by atoms with Gasteiger partial charge >= 0.3 is 0 Å². The number of fused-ring (bicyclic) bond motifs is 8. The SMILES string of the molecule is c1ccc(-c2ccc3c4ccc(-c5ccccc5)cc4n(-c4cccc5c4oc4cc(C6=NC(c7ccc8ccccc8c7)=NC(c7ccc8ccccc8c7)N6)ccc45)c3c2)cc1. The van der Waals surface area contributed by atoms with Gasteiger partial charge in [-0.1, -0.05) is 176 Å². The highest BCUT2D eigenvalue weighted by Gasteiger charge is 2.24. The number of para-hydroxylation sites is 1. The topological polar surface area (TPSA) is 54.8 Å². The van der Waals surface area contributed by atoms with Gasteiger partial charge in [-0.25, -0.2) is 9.98 Å². The predicted octanol–water partition coefficient (Wildman–Crippen LogP) is 14.8. The van der Waals surface area contributed by atoms with Gasteiger partial charge < -0.3 is 14.3 Å². The van der Waals surface area contributed by atoms with Gasteiger partial charge in [0.15, 0.2) is 11.4 Å². The minimum atomic E-state index is -0.353. The first-order chi connectivity index (χ1) is 31.7. The molecule has 0 fully saturated rings. The van der Waals surface area contributed by atoms with Crippen LogP contribution in [-0.4, -0.2) is 16.2 Å². The molecule has 1 unspecified atom stereocenters. The number of hydrogen-bond donors (Lipinski definition) is 1. The number of furan rings is 1. The second-order valence-corrected chi connectivity index (χ2v) is 16.6. The van der Waals surface area contributed by atoms with Crippen molar-refractivity contribution < 1.29 is 4.42 Å². The fourth-order valence-corrected chi connectivity index (χ4v) is 9.61. The molecule has 5 heteroatoms. The molecular weight excluding hydrogens is 781 g/mol. The molecule has 1 atom stereocenters. The average Bonchev–Trinajstić information content (AvgIpc) is 3.91. The third-order valence-corrected chi connectivity index (χ3v) is 12.8. The monoisotopic (exact) mass is 818 g/mol. The molecule has 5 nitrogen and oxygen atoms in total. The molecular formula is C59H38N4O. The lowest BCUT2D eigenvalue weighted by molar-refractivity contribution is 0.664. The van der Waals surface area contributed by atoms with Gasteiger partial charge in [0.2, 0.25) is 0 Å². The maximum atomic E-state index is 7.05. The van der Waals surface area contributed by atoms with E-state index in [4.69, 9.17) is 14.4 Å². The van der Waals surface area contributed by atoms with E-state index in [2.05, 4.69) is 228 Å². The summed E-state index contributed by atoms with van der Waals surface area (Å²) in [6, 6.07) is 77.7. The van der Waals surface area contributed by atoms with Crippen molar-refractivity contribution in [1.29, 1.82) is 0 Å². The van der Waals surface area contributed by atoms with E-state index in [0.29, 0.717) is 5.84 Å². The summed E-state index contributed by atoms with van der Waals surface area (Å²) in [5.74, 6) is 1.42. The Labute approximate surface area is 368 Å². The van der Waals surface area contributed by atoms with Crippen LogP contribution < -0.4 is 5.32 Å². The molecule has 0 aliphatic carbocycles. The maximum Gasteiger partial charge on any atom is 0.159 e. The molecule has 64 heavy (non-hydrogen) atoms. The Kier molecular flexibility index (Phi) is 8.21. The molecule has 1 aliphatic rings. The number of benzene rings is 10. The second kappa shape index (κ2) is 14.5. The largest absolute Gasteiger partial charge is 0.454 e. The van der Waals surface area contributed by atoms with E-state index in [0.717, 1.165) is 77.7 Å². The molecule has 0 saturated heterocycles. The third kappa shape index (κ3) is 6.01. The van der Waals surface area contributed by atoms with Crippen molar-refractivity contribution in [3.63, 3.8) is 0 Å². The van der Waals surface area contributed by atoms with Crippen molar-refractivity contribution >= 4 is 77.0 Å². The van der Waals surface area contributed by atoms with Crippen LogP contribution in [0.15, 0.2) is 233 Å². The predicted molar refractivity (Wildman–Crippen MR) is 266 cm³/mol. The van der Waals surface area contributed by atoms with Crippen molar-refractivity contribution in [3.05, 3.63) is 235 Å². The molecule has 10 aromatic carbocycles. The molecule has 2 aromatic heterocycles. The van der Waals surface area contributed by atoms with Crippen molar-refractivity contribution in [3.8, 4) is 27.9 Å². The minimum Gasteiger partial charge on any atom is -0.454 e. The normalized spacial score (nSPS) is 14.1. The number of rotatable bonds is 6. The molecule has 3 heterocycles. The average molecular weight is 819 g/mol. The fraction of sp³-hybridized carbons (Fsp3) is 0.0169. The lowest BCUT2D eigenvalue weighted by Gasteiger charge is -2.24. The number of aliphatic imine (C=N–C) groups is 2. The van der Waals surface area contributed by atoms with Crippen molar-refractivity contribution in [2.45, 2.75) is 6.17 Å². The zero-order valence-electron chi connectivity index (χ0n) is 34.6. The smallest absolute Gasteiger partial charge is 0.159 e. The van der Waals surface area contributed by atoms with Crippen molar-refractivity contribution in [1.82, 2.24) is 9.88 Å². The van der Waals surface area contributed by atoms with Gasteiger partial charge in [0.25, 0.3) is 0 Å². The van der Waals surface area contributed by atoms with Crippen LogP contribution >= 0.6 is 0 Å². The Morgan fingerprint density at radius 2 is 0.984 bits per heavy atom. The number of aromatic nitrogens is 1. The summed E-state index contributed by atoms with van der Waals surface area (Å²) in [6.07, 6.45) is -0.353. The molecule has 13 rings (SSSR count). The highest BCUT2D eigenvalue weighted by Crippen LogP contribution is 2.41. The standard InChI is InChI=1S/C59H38N4O/c1-3-12-37(13-4-1)43-26-29-48-49-30-27-44(38-14-5-2-6-15-38)35-54(49)63(53(48)34-43)52-21-11-20-51-50-31-28-47(36-55(50)64-56(51)52)59-61-57(45-24-22-39-16-7-9-18-41(39)32-45)60-58(62-59)46-25-23-40-17-8-10-19-42(40)33-46/h1-36,57H,(H,60,61,62). The summed E-state index contributed by atoms with van der Waals surface area (Å²) in [7, 11) is 0.